The van der Waals surface area contributed by atoms with Gasteiger partial charge in [-0.3, -0.25) is 4.79 Å². The second-order valence-corrected chi connectivity index (χ2v) is 13.7. The smallest absolute Gasteiger partial charge is 0.192 e. The Hall–Kier alpha value is -2.95. The Morgan fingerprint density at radius 3 is 1.31 bits per heavy atom. The Labute approximate surface area is 273 Å². The number of hydrogen-bond donors (Lipinski definition) is 0. The monoisotopic (exact) mass is 714 g/mol. The zero-order valence-electron chi connectivity index (χ0n) is 22.5. The molecule has 2 unspecified atom stereocenters. The number of carbonyl (C=O) groups is 1. The standard InChI is InChI=1S/C37H26Br2Cl2O/c38-29-13-9-25(10-14-29)31-5-1-3-7-33(31)36(40)21-17-27(18-22-36)35(42)28-19-23-37(41,24-20-28)34-8-4-2-6-32(34)26-11-15-30(39)16-12-26/h1-21,23H,22,24H2. The Morgan fingerprint density at radius 1 is 0.571 bits per heavy atom. The molecule has 6 rings (SSSR count). The summed E-state index contributed by atoms with van der Waals surface area (Å²) in [6, 6.07) is 32.8. The molecule has 0 saturated carbocycles. The normalized spacial score (nSPS) is 21.5. The summed E-state index contributed by atoms with van der Waals surface area (Å²) in [7, 11) is 0. The van der Waals surface area contributed by atoms with Crippen LogP contribution in [0.4, 0.5) is 0 Å². The summed E-state index contributed by atoms with van der Waals surface area (Å²) in [5.74, 6) is -0.0256. The molecule has 0 saturated heterocycles. The van der Waals surface area contributed by atoms with Crippen molar-refractivity contribution >= 4 is 60.8 Å². The van der Waals surface area contributed by atoms with Gasteiger partial charge in [-0.25, -0.2) is 0 Å². The van der Waals surface area contributed by atoms with Crippen LogP contribution in [0.3, 0.4) is 0 Å². The predicted molar refractivity (Wildman–Crippen MR) is 183 cm³/mol. The molecule has 2 atom stereocenters. The minimum absolute atomic E-state index is 0.0256. The van der Waals surface area contributed by atoms with Gasteiger partial charge in [0, 0.05) is 20.1 Å². The van der Waals surface area contributed by atoms with Gasteiger partial charge in [0.2, 0.25) is 0 Å². The van der Waals surface area contributed by atoms with Crippen LogP contribution in [0.15, 0.2) is 154 Å². The molecule has 0 fully saturated rings. The fourth-order valence-corrected chi connectivity index (χ4v) is 6.73. The van der Waals surface area contributed by atoms with E-state index in [4.69, 9.17) is 23.2 Å². The summed E-state index contributed by atoms with van der Waals surface area (Å²) in [4.78, 5) is 12.1. The highest BCUT2D eigenvalue weighted by atomic mass is 79.9. The molecule has 0 spiro atoms. The number of Topliss-reactive ketones (excluding diaryl/α,β-unsaturated/α-hetero) is 1. The van der Waals surface area contributed by atoms with Crippen molar-refractivity contribution in [3.8, 4) is 22.3 Å². The summed E-state index contributed by atoms with van der Waals surface area (Å²) in [6.45, 7) is 0. The minimum atomic E-state index is -0.744. The zero-order chi connectivity index (χ0) is 29.3. The summed E-state index contributed by atoms with van der Waals surface area (Å²) < 4.78 is 2.05. The summed E-state index contributed by atoms with van der Waals surface area (Å²) in [6.07, 6.45) is 12.5. The van der Waals surface area contributed by atoms with Gasteiger partial charge in [-0.1, -0.05) is 141 Å². The number of benzene rings is 4. The van der Waals surface area contributed by atoms with Crippen molar-refractivity contribution in [2.75, 3.05) is 0 Å². The highest BCUT2D eigenvalue weighted by Crippen LogP contribution is 2.45. The third-order valence-corrected chi connectivity index (χ3v) is 9.90. The SMILES string of the molecule is O=C(C1=CCC(Cl)(c2ccccc2-c2ccc(Br)cc2)C=C1)C1=CCC(Cl)(c2ccccc2-c2ccc(Br)cc2)C=C1. The van der Waals surface area contributed by atoms with Crippen LogP contribution < -0.4 is 0 Å². The Balaban J connectivity index is 1.21. The van der Waals surface area contributed by atoms with E-state index < -0.39 is 9.75 Å². The first-order valence-corrected chi connectivity index (χ1v) is 16.0. The van der Waals surface area contributed by atoms with Gasteiger partial charge in [-0.2, -0.15) is 0 Å². The van der Waals surface area contributed by atoms with E-state index in [0.717, 1.165) is 42.3 Å². The van der Waals surface area contributed by atoms with Crippen LogP contribution in [-0.2, 0) is 14.5 Å². The van der Waals surface area contributed by atoms with Gasteiger partial charge in [-0.05, 0) is 70.5 Å². The number of halogens is 4. The van der Waals surface area contributed by atoms with Crippen molar-refractivity contribution in [3.63, 3.8) is 0 Å². The molecule has 1 nitrogen and oxygen atoms in total. The van der Waals surface area contributed by atoms with E-state index in [0.29, 0.717) is 24.0 Å². The van der Waals surface area contributed by atoms with Gasteiger partial charge in [0.1, 0.15) is 0 Å². The maximum Gasteiger partial charge on any atom is 0.192 e. The Morgan fingerprint density at radius 2 is 0.952 bits per heavy atom. The molecule has 4 aromatic carbocycles. The fraction of sp³-hybridized carbons (Fsp3) is 0.108. The van der Waals surface area contributed by atoms with Crippen LogP contribution in [0.2, 0.25) is 0 Å². The van der Waals surface area contributed by atoms with E-state index in [2.05, 4.69) is 80.4 Å². The molecule has 5 heteroatoms. The number of ketones is 1. The molecule has 0 aliphatic heterocycles. The van der Waals surface area contributed by atoms with Crippen LogP contribution in [-0.4, -0.2) is 5.78 Å². The van der Waals surface area contributed by atoms with Crippen molar-refractivity contribution < 1.29 is 4.79 Å². The van der Waals surface area contributed by atoms with Crippen LogP contribution in [0.1, 0.15) is 24.0 Å². The first-order valence-electron chi connectivity index (χ1n) is 13.7. The predicted octanol–water partition coefficient (Wildman–Crippen LogP) is 11.5. The lowest BCUT2D eigenvalue weighted by molar-refractivity contribution is -0.111. The molecule has 0 radical (unpaired) electrons. The molecule has 0 aromatic heterocycles. The van der Waals surface area contributed by atoms with E-state index >= 15 is 0 Å². The van der Waals surface area contributed by atoms with Crippen LogP contribution in [0, 0.1) is 0 Å². The van der Waals surface area contributed by atoms with Gasteiger partial charge in [0.05, 0.1) is 9.75 Å². The first-order chi connectivity index (χ1) is 20.3. The molecule has 0 bridgehead atoms. The lowest BCUT2D eigenvalue weighted by Crippen LogP contribution is -2.22. The number of allylic oxidation sites excluding steroid dienone is 8. The van der Waals surface area contributed by atoms with Gasteiger partial charge in [0.15, 0.2) is 5.78 Å². The molecule has 0 N–H and O–H groups in total. The number of alkyl halides is 2. The van der Waals surface area contributed by atoms with E-state index in [9.17, 15) is 4.79 Å². The van der Waals surface area contributed by atoms with Crippen molar-refractivity contribution in [2.45, 2.75) is 22.6 Å². The van der Waals surface area contributed by atoms with Crippen molar-refractivity contribution in [1.82, 2.24) is 0 Å². The van der Waals surface area contributed by atoms with Crippen molar-refractivity contribution in [1.29, 1.82) is 0 Å². The fourth-order valence-electron chi connectivity index (χ4n) is 5.59. The maximum absolute atomic E-state index is 13.6. The third kappa shape index (κ3) is 5.81. The average molecular weight is 717 g/mol. The molecule has 2 aliphatic rings. The van der Waals surface area contributed by atoms with Crippen LogP contribution in [0.5, 0.6) is 0 Å². The van der Waals surface area contributed by atoms with E-state index in [1.54, 1.807) is 0 Å². The summed E-state index contributed by atoms with van der Waals surface area (Å²) >= 11 is 21.5. The first kappa shape index (κ1) is 29.1. The van der Waals surface area contributed by atoms with Gasteiger partial charge in [-0.15, -0.1) is 23.2 Å². The second kappa shape index (κ2) is 12.0. The quantitative estimate of drug-likeness (QED) is 0.182. The van der Waals surface area contributed by atoms with E-state index in [1.807, 2.05) is 85.0 Å². The lowest BCUT2D eigenvalue weighted by atomic mass is 9.81. The zero-order valence-corrected chi connectivity index (χ0v) is 27.2. The summed E-state index contributed by atoms with van der Waals surface area (Å²) in [5, 5.41) is 0. The second-order valence-electron chi connectivity index (χ2n) is 10.6. The molecular weight excluding hydrogens is 691 g/mol. The number of carbonyl (C=O) groups excluding carboxylic acids is 1. The maximum atomic E-state index is 13.6. The third-order valence-electron chi connectivity index (χ3n) is 7.88. The highest BCUT2D eigenvalue weighted by molar-refractivity contribution is 9.10. The largest absolute Gasteiger partial charge is 0.289 e. The Kier molecular flexibility index (Phi) is 8.31. The molecule has 0 heterocycles. The van der Waals surface area contributed by atoms with Crippen molar-refractivity contribution in [2.24, 2.45) is 0 Å². The Bertz CT molecular complexity index is 1650. The topological polar surface area (TPSA) is 17.1 Å². The number of rotatable bonds is 6. The number of hydrogen-bond acceptors (Lipinski definition) is 1. The van der Waals surface area contributed by atoms with Crippen LogP contribution in [0.25, 0.3) is 22.3 Å². The average Bonchev–Trinajstić information content (AvgIpc) is 3.02. The molecular formula is C37H26Br2Cl2O. The molecule has 42 heavy (non-hydrogen) atoms. The molecule has 208 valence electrons. The van der Waals surface area contributed by atoms with Crippen LogP contribution >= 0.6 is 55.1 Å². The van der Waals surface area contributed by atoms with E-state index in [1.165, 1.54) is 0 Å². The highest BCUT2D eigenvalue weighted by Gasteiger charge is 2.34. The van der Waals surface area contributed by atoms with Gasteiger partial charge in [0.25, 0.3) is 0 Å². The van der Waals surface area contributed by atoms with Crippen molar-refractivity contribution in [3.05, 3.63) is 165 Å². The lowest BCUT2D eigenvalue weighted by Gasteiger charge is -2.30. The molecule has 4 aromatic rings. The van der Waals surface area contributed by atoms with Gasteiger partial charge < -0.3 is 0 Å². The van der Waals surface area contributed by atoms with E-state index in [-0.39, 0.29) is 5.78 Å². The molecule has 2 aliphatic carbocycles. The minimum Gasteiger partial charge on any atom is -0.289 e. The molecule has 0 amide bonds. The van der Waals surface area contributed by atoms with Gasteiger partial charge >= 0.3 is 0 Å². The summed E-state index contributed by atoms with van der Waals surface area (Å²) in [5.41, 5.74) is 7.65.